The molecule has 2 aliphatic heterocycles. The summed E-state index contributed by atoms with van der Waals surface area (Å²) in [6, 6.07) is 9.52. The maximum absolute atomic E-state index is 12.6. The molecule has 1 fully saturated rings. The van der Waals surface area contributed by atoms with Crippen LogP contribution in [0, 0.1) is 0 Å². The van der Waals surface area contributed by atoms with Gasteiger partial charge in [-0.3, -0.25) is 19.4 Å². The molecule has 6 nitrogen and oxygen atoms in total. The minimum absolute atomic E-state index is 0.134. The van der Waals surface area contributed by atoms with Crippen LogP contribution in [0.2, 0.25) is 0 Å². The predicted molar refractivity (Wildman–Crippen MR) is 79.5 cm³/mol. The van der Waals surface area contributed by atoms with Gasteiger partial charge in [0.1, 0.15) is 11.3 Å². The Kier molecular flexibility index (Phi) is 2.77. The molecule has 1 spiro atoms. The molecule has 1 aromatic carbocycles. The largest absolute Gasteiger partial charge is 0.364 e. The molecule has 22 heavy (non-hydrogen) atoms. The molecule has 1 aromatic heterocycles. The number of carbonyl (C=O) groups is 1. The number of aromatic amines is 1. The van der Waals surface area contributed by atoms with Gasteiger partial charge in [0.15, 0.2) is 0 Å². The van der Waals surface area contributed by atoms with Crippen molar-refractivity contribution in [1.82, 2.24) is 14.7 Å². The van der Waals surface area contributed by atoms with Gasteiger partial charge in [0.2, 0.25) is 0 Å². The first kappa shape index (κ1) is 13.3. The van der Waals surface area contributed by atoms with E-state index in [1.807, 2.05) is 12.1 Å². The van der Waals surface area contributed by atoms with Crippen LogP contribution >= 0.6 is 0 Å². The minimum atomic E-state index is -0.387. The standard InChI is InChI=1S/C16H17N3O3/c1-18-13(8-14(20)17-18)15(21)19-7-6-16(10-19)12-5-3-2-4-11(12)9-22-16/h2-5,8H,6-7,9-10H2,1H3,(H,17,20). The highest BCUT2D eigenvalue weighted by atomic mass is 16.5. The predicted octanol–water partition coefficient (Wildman–Crippen LogP) is 0.985. The van der Waals surface area contributed by atoms with Crippen molar-refractivity contribution in [3.8, 4) is 0 Å². The summed E-state index contributed by atoms with van der Waals surface area (Å²) in [4.78, 5) is 25.8. The van der Waals surface area contributed by atoms with Gasteiger partial charge in [-0.25, -0.2) is 0 Å². The Bertz CT molecular complexity index is 807. The molecule has 1 atom stereocenters. The highest BCUT2D eigenvalue weighted by Crippen LogP contribution is 2.43. The highest BCUT2D eigenvalue weighted by molar-refractivity contribution is 5.92. The van der Waals surface area contributed by atoms with Gasteiger partial charge < -0.3 is 9.64 Å². The second kappa shape index (κ2) is 4.58. The van der Waals surface area contributed by atoms with Crippen molar-refractivity contribution in [2.75, 3.05) is 13.1 Å². The van der Waals surface area contributed by atoms with E-state index in [1.165, 1.54) is 21.9 Å². The fourth-order valence-electron chi connectivity index (χ4n) is 3.52. The zero-order chi connectivity index (χ0) is 15.3. The molecule has 3 heterocycles. The molecule has 1 N–H and O–H groups in total. The van der Waals surface area contributed by atoms with Crippen LogP contribution in [0.1, 0.15) is 28.0 Å². The van der Waals surface area contributed by atoms with Gasteiger partial charge in [-0.2, -0.15) is 0 Å². The van der Waals surface area contributed by atoms with E-state index in [4.69, 9.17) is 4.74 Å². The lowest BCUT2D eigenvalue weighted by Crippen LogP contribution is -2.35. The Morgan fingerprint density at radius 1 is 1.36 bits per heavy atom. The maximum atomic E-state index is 12.6. The lowest BCUT2D eigenvalue weighted by atomic mass is 9.92. The lowest BCUT2D eigenvalue weighted by molar-refractivity contribution is -0.0283. The topological polar surface area (TPSA) is 67.3 Å². The van der Waals surface area contributed by atoms with Crippen molar-refractivity contribution in [3.63, 3.8) is 0 Å². The number of fused-ring (bicyclic) bond motifs is 2. The van der Waals surface area contributed by atoms with E-state index in [0.717, 1.165) is 6.42 Å². The summed E-state index contributed by atoms with van der Waals surface area (Å²) in [5.74, 6) is -0.134. The SMILES string of the molecule is Cn1[nH]c(=O)cc1C(=O)N1CCC2(C1)OCc1ccccc12. The zero-order valence-corrected chi connectivity index (χ0v) is 12.3. The van der Waals surface area contributed by atoms with Crippen LogP contribution in [0.25, 0.3) is 0 Å². The summed E-state index contributed by atoms with van der Waals surface area (Å²) in [6.07, 6.45) is 0.786. The van der Waals surface area contributed by atoms with Gasteiger partial charge in [0.25, 0.3) is 11.5 Å². The third-order valence-electron chi connectivity index (χ3n) is 4.66. The van der Waals surface area contributed by atoms with Crippen LogP contribution < -0.4 is 5.56 Å². The normalized spacial score (nSPS) is 23.2. The molecular formula is C16H17N3O3. The van der Waals surface area contributed by atoms with Crippen LogP contribution in [-0.4, -0.2) is 33.7 Å². The molecule has 0 bridgehead atoms. The van der Waals surface area contributed by atoms with E-state index in [9.17, 15) is 9.59 Å². The molecule has 1 amide bonds. The van der Waals surface area contributed by atoms with Gasteiger partial charge in [-0.15, -0.1) is 0 Å². The van der Waals surface area contributed by atoms with E-state index in [0.29, 0.717) is 25.4 Å². The van der Waals surface area contributed by atoms with Crippen molar-refractivity contribution in [2.45, 2.75) is 18.6 Å². The summed E-state index contributed by atoms with van der Waals surface area (Å²) < 4.78 is 7.52. The van der Waals surface area contributed by atoms with Crippen LogP contribution in [0.4, 0.5) is 0 Å². The van der Waals surface area contributed by atoms with E-state index < -0.39 is 0 Å². The van der Waals surface area contributed by atoms with E-state index in [-0.39, 0.29) is 17.1 Å². The molecule has 2 aliphatic rings. The summed E-state index contributed by atoms with van der Waals surface area (Å²) in [7, 11) is 1.67. The summed E-state index contributed by atoms with van der Waals surface area (Å²) in [6.45, 7) is 1.76. The molecule has 114 valence electrons. The fourth-order valence-corrected chi connectivity index (χ4v) is 3.52. The zero-order valence-electron chi connectivity index (χ0n) is 12.3. The van der Waals surface area contributed by atoms with Crippen LogP contribution in [-0.2, 0) is 24.0 Å². The minimum Gasteiger partial charge on any atom is -0.364 e. The number of hydrogen-bond acceptors (Lipinski definition) is 3. The molecule has 4 rings (SSSR count). The number of carbonyl (C=O) groups excluding carboxylic acids is 1. The Hall–Kier alpha value is -2.34. The Balaban J connectivity index is 1.62. The smallest absolute Gasteiger partial charge is 0.272 e. The number of aryl methyl sites for hydroxylation is 1. The van der Waals surface area contributed by atoms with Crippen molar-refractivity contribution < 1.29 is 9.53 Å². The van der Waals surface area contributed by atoms with Gasteiger partial charge in [0, 0.05) is 19.7 Å². The van der Waals surface area contributed by atoms with Gasteiger partial charge in [-0.1, -0.05) is 24.3 Å². The number of amides is 1. The van der Waals surface area contributed by atoms with Gasteiger partial charge in [0.05, 0.1) is 13.2 Å². The number of aromatic nitrogens is 2. The number of benzene rings is 1. The van der Waals surface area contributed by atoms with Gasteiger partial charge >= 0.3 is 0 Å². The van der Waals surface area contributed by atoms with E-state index >= 15 is 0 Å². The first-order valence-corrected chi connectivity index (χ1v) is 7.37. The Labute approximate surface area is 127 Å². The number of nitrogens with one attached hydrogen (secondary N) is 1. The molecule has 1 unspecified atom stereocenters. The first-order valence-electron chi connectivity index (χ1n) is 7.37. The van der Waals surface area contributed by atoms with Crippen molar-refractivity contribution in [1.29, 1.82) is 0 Å². The Morgan fingerprint density at radius 2 is 2.18 bits per heavy atom. The summed E-state index contributed by atoms with van der Waals surface area (Å²) in [5.41, 5.74) is 2.12. The molecule has 2 aromatic rings. The second-order valence-corrected chi connectivity index (χ2v) is 5.98. The molecular weight excluding hydrogens is 282 g/mol. The number of H-pyrrole nitrogens is 1. The number of nitrogens with zero attached hydrogens (tertiary/aromatic N) is 2. The monoisotopic (exact) mass is 299 g/mol. The fraction of sp³-hybridized carbons (Fsp3) is 0.375. The number of rotatable bonds is 1. The highest BCUT2D eigenvalue weighted by Gasteiger charge is 2.47. The molecule has 1 saturated heterocycles. The molecule has 0 aliphatic carbocycles. The molecule has 0 radical (unpaired) electrons. The second-order valence-electron chi connectivity index (χ2n) is 5.98. The third kappa shape index (κ3) is 1.84. The number of likely N-dealkylation sites (tertiary alicyclic amines) is 1. The molecule has 6 heteroatoms. The van der Waals surface area contributed by atoms with Crippen LogP contribution in [0.15, 0.2) is 35.1 Å². The first-order chi connectivity index (χ1) is 10.6. The van der Waals surface area contributed by atoms with Crippen molar-refractivity contribution >= 4 is 5.91 Å². The lowest BCUT2D eigenvalue weighted by Gasteiger charge is -2.24. The van der Waals surface area contributed by atoms with Crippen LogP contribution in [0.5, 0.6) is 0 Å². The van der Waals surface area contributed by atoms with Crippen molar-refractivity contribution in [3.05, 3.63) is 57.5 Å². The maximum Gasteiger partial charge on any atom is 0.272 e. The van der Waals surface area contributed by atoms with Crippen molar-refractivity contribution in [2.24, 2.45) is 7.05 Å². The Morgan fingerprint density at radius 3 is 2.95 bits per heavy atom. The number of ether oxygens (including phenoxy) is 1. The average molecular weight is 299 g/mol. The summed E-state index contributed by atoms with van der Waals surface area (Å²) in [5, 5.41) is 2.57. The van der Waals surface area contributed by atoms with E-state index in [2.05, 4.69) is 17.2 Å². The summed E-state index contributed by atoms with van der Waals surface area (Å²) >= 11 is 0. The third-order valence-corrected chi connectivity index (χ3v) is 4.66. The van der Waals surface area contributed by atoms with E-state index in [1.54, 1.807) is 11.9 Å². The number of hydrogen-bond donors (Lipinski definition) is 1. The van der Waals surface area contributed by atoms with Crippen LogP contribution in [0.3, 0.4) is 0 Å². The quantitative estimate of drug-likeness (QED) is 0.853. The average Bonchev–Trinajstić information content (AvgIpc) is 3.19. The molecule has 0 saturated carbocycles. The van der Waals surface area contributed by atoms with Gasteiger partial charge in [-0.05, 0) is 17.5 Å².